The third kappa shape index (κ3) is 4.02. The van der Waals surface area contributed by atoms with Crippen LogP contribution in [-0.2, 0) is 0 Å². The van der Waals surface area contributed by atoms with Crippen LogP contribution in [-0.4, -0.2) is 22.8 Å². The van der Waals surface area contributed by atoms with Crippen molar-refractivity contribution in [1.82, 2.24) is 10.3 Å². The van der Waals surface area contributed by atoms with Gasteiger partial charge in [0, 0.05) is 11.3 Å². The lowest BCUT2D eigenvalue weighted by molar-refractivity contribution is 0.441. The van der Waals surface area contributed by atoms with Gasteiger partial charge in [-0.1, -0.05) is 37.9 Å². The Labute approximate surface area is 114 Å². The molecule has 2 unspecified atom stereocenters. The van der Waals surface area contributed by atoms with Crippen molar-refractivity contribution >= 4 is 11.8 Å². The van der Waals surface area contributed by atoms with E-state index in [0.717, 1.165) is 17.5 Å². The van der Waals surface area contributed by atoms with Gasteiger partial charge in [0.25, 0.3) is 5.22 Å². The number of aromatic nitrogens is 1. The Hall–Kier alpha value is -0.480. The molecule has 0 amide bonds. The molecule has 0 radical (unpaired) electrons. The van der Waals surface area contributed by atoms with E-state index in [-0.39, 0.29) is 0 Å². The van der Waals surface area contributed by atoms with E-state index < -0.39 is 0 Å². The zero-order valence-corrected chi connectivity index (χ0v) is 12.3. The third-order valence-corrected chi connectivity index (χ3v) is 4.72. The molecule has 4 heteroatoms. The molecule has 1 aliphatic rings. The molecule has 2 atom stereocenters. The van der Waals surface area contributed by atoms with Gasteiger partial charge in [-0.2, -0.15) is 0 Å². The van der Waals surface area contributed by atoms with E-state index in [2.05, 4.69) is 17.2 Å². The van der Waals surface area contributed by atoms with Crippen molar-refractivity contribution in [2.45, 2.75) is 68.9 Å². The predicted molar refractivity (Wildman–Crippen MR) is 76.1 cm³/mol. The Balaban J connectivity index is 1.96. The molecule has 1 saturated carbocycles. The standard InChI is InChI=1S/C14H24N2OS/c1-3-9-15-12-7-5-4-6-8-13(12)18-14-16-11(2)10-17-14/h10,12-13,15H,3-9H2,1-2H3. The lowest BCUT2D eigenvalue weighted by Gasteiger charge is -2.24. The van der Waals surface area contributed by atoms with E-state index >= 15 is 0 Å². The first-order valence-electron chi connectivity index (χ1n) is 7.11. The highest BCUT2D eigenvalue weighted by atomic mass is 32.2. The highest BCUT2D eigenvalue weighted by Crippen LogP contribution is 2.32. The molecule has 1 aromatic rings. The maximum absolute atomic E-state index is 5.48. The maximum atomic E-state index is 5.48. The SMILES string of the molecule is CCCNC1CCCCCC1Sc1nc(C)co1. The molecule has 2 rings (SSSR count). The predicted octanol–water partition coefficient (Wildman–Crippen LogP) is 3.78. The van der Waals surface area contributed by atoms with Crippen LogP contribution in [0.2, 0.25) is 0 Å². The molecule has 1 N–H and O–H groups in total. The molecule has 0 aliphatic heterocycles. The highest BCUT2D eigenvalue weighted by molar-refractivity contribution is 7.99. The molecule has 3 nitrogen and oxygen atoms in total. The Kier molecular flexibility index (Phi) is 5.57. The van der Waals surface area contributed by atoms with Gasteiger partial charge in [0.05, 0.1) is 5.69 Å². The fourth-order valence-electron chi connectivity index (χ4n) is 2.49. The second-order valence-corrected chi connectivity index (χ2v) is 6.30. The van der Waals surface area contributed by atoms with Crippen LogP contribution in [0.15, 0.2) is 15.9 Å². The van der Waals surface area contributed by atoms with Crippen molar-refractivity contribution in [3.05, 3.63) is 12.0 Å². The second-order valence-electron chi connectivity index (χ2n) is 5.11. The van der Waals surface area contributed by atoms with Gasteiger partial charge in [-0.25, -0.2) is 4.98 Å². The summed E-state index contributed by atoms with van der Waals surface area (Å²) in [6, 6.07) is 0.615. The lowest BCUT2D eigenvalue weighted by atomic mass is 10.1. The summed E-state index contributed by atoms with van der Waals surface area (Å²) in [6.07, 6.45) is 9.56. The first-order chi connectivity index (χ1) is 8.79. The topological polar surface area (TPSA) is 38.1 Å². The zero-order chi connectivity index (χ0) is 12.8. The van der Waals surface area contributed by atoms with Gasteiger partial charge >= 0.3 is 0 Å². The molecule has 0 bridgehead atoms. The number of nitrogens with one attached hydrogen (secondary N) is 1. The summed E-state index contributed by atoms with van der Waals surface area (Å²) in [5.74, 6) is 0. The van der Waals surface area contributed by atoms with Crippen LogP contribution in [0.25, 0.3) is 0 Å². The summed E-state index contributed by atoms with van der Waals surface area (Å²) in [6.45, 7) is 5.32. The van der Waals surface area contributed by atoms with Crippen molar-refractivity contribution in [1.29, 1.82) is 0 Å². The van der Waals surface area contributed by atoms with Crippen LogP contribution in [0.3, 0.4) is 0 Å². The molecule has 0 saturated heterocycles. The number of aryl methyl sites for hydroxylation is 1. The van der Waals surface area contributed by atoms with E-state index in [9.17, 15) is 0 Å². The summed E-state index contributed by atoms with van der Waals surface area (Å²) in [5.41, 5.74) is 0.976. The van der Waals surface area contributed by atoms with Gasteiger partial charge in [0.2, 0.25) is 0 Å². The van der Waals surface area contributed by atoms with Crippen LogP contribution in [0, 0.1) is 6.92 Å². The first kappa shape index (κ1) is 13.9. The van der Waals surface area contributed by atoms with Crippen molar-refractivity contribution in [3.8, 4) is 0 Å². The third-order valence-electron chi connectivity index (χ3n) is 3.46. The second kappa shape index (κ2) is 7.19. The van der Waals surface area contributed by atoms with E-state index in [1.807, 2.05) is 18.7 Å². The number of oxazole rings is 1. The van der Waals surface area contributed by atoms with Gasteiger partial charge < -0.3 is 9.73 Å². The van der Waals surface area contributed by atoms with Crippen LogP contribution in [0.4, 0.5) is 0 Å². The minimum absolute atomic E-state index is 0.608. The van der Waals surface area contributed by atoms with Gasteiger partial charge in [-0.05, 0) is 32.7 Å². The summed E-state index contributed by atoms with van der Waals surface area (Å²) in [4.78, 5) is 4.42. The molecule has 18 heavy (non-hydrogen) atoms. The van der Waals surface area contributed by atoms with Gasteiger partial charge in [-0.15, -0.1) is 0 Å². The molecule has 1 fully saturated rings. The Bertz CT molecular complexity index is 353. The Morgan fingerprint density at radius 2 is 2.22 bits per heavy atom. The quantitative estimate of drug-likeness (QED) is 0.825. The van der Waals surface area contributed by atoms with Crippen molar-refractivity contribution < 1.29 is 4.42 Å². The number of thioether (sulfide) groups is 1. The average Bonchev–Trinajstić information content (AvgIpc) is 2.64. The van der Waals surface area contributed by atoms with Crippen molar-refractivity contribution in [2.24, 2.45) is 0 Å². The normalized spacial score (nSPS) is 25.0. The van der Waals surface area contributed by atoms with E-state index in [1.165, 1.54) is 38.5 Å². The summed E-state index contributed by atoms with van der Waals surface area (Å²) in [7, 11) is 0. The summed E-state index contributed by atoms with van der Waals surface area (Å²) >= 11 is 1.82. The van der Waals surface area contributed by atoms with Crippen LogP contribution < -0.4 is 5.32 Å². The molecule has 1 heterocycles. The van der Waals surface area contributed by atoms with Gasteiger partial charge in [0.1, 0.15) is 6.26 Å². The molecule has 0 spiro atoms. The van der Waals surface area contributed by atoms with E-state index in [1.54, 1.807) is 6.26 Å². The fourth-order valence-corrected chi connectivity index (χ4v) is 3.73. The molecule has 1 aromatic heterocycles. The van der Waals surface area contributed by atoms with Gasteiger partial charge in [-0.3, -0.25) is 0 Å². The van der Waals surface area contributed by atoms with E-state index in [4.69, 9.17) is 4.42 Å². The Morgan fingerprint density at radius 3 is 2.94 bits per heavy atom. The van der Waals surface area contributed by atoms with Crippen LogP contribution in [0.5, 0.6) is 0 Å². The number of nitrogens with zero attached hydrogens (tertiary/aromatic N) is 1. The summed E-state index contributed by atoms with van der Waals surface area (Å²) in [5, 5.41) is 5.14. The molecule has 0 aromatic carbocycles. The Morgan fingerprint density at radius 1 is 1.39 bits per heavy atom. The highest BCUT2D eigenvalue weighted by Gasteiger charge is 2.25. The number of hydrogen-bond acceptors (Lipinski definition) is 4. The van der Waals surface area contributed by atoms with Gasteiger partial charge in [0.15, 0.2) is 0 Å². The molecule has 102 valence electrons. The van der Waals surface area contributed by atoms with E-state index in [0.29, 0.717) is 11.3 Å². The van der Waals surface area contributed by atoms with Crippen LogP contribution >= 0.6 is 11.8 Å². The first-order valence-corrected chi connectivity index (χ1v) is 7.99. The van der Waals surface area contributed by atoms with Crippen molar-refractivity contribution in [2.75, 3.05) is 6.54 Å². The van der Waals surface area contributed by atoms with Crippen LogP contribution in [0.1, 0.15) is 51.1 Å². The summed E-state index contributed by atoms with van der Waals surface area (Å²) < 4.78 is 5.48. The lowest BCUT2D eigenvalue weighted by Crippen LogP contribution is -2.37. The smallest absolute Gasteiger partial charge is 0.256 e. The average molecular weight is 268 g/mol. The molecule has 1 aliphatic carbocycles. The maximum Gasteiger partial charge on any atom is 0.256 e. The van der Waals surface area contributed by atoms with Crippen molar-refractivity contribution in [3.63, 3.8) is 0 Å². The fraction of sp³-hybridized carbons (Fsp3) is 0.786. The minimum atomic E-state index is 0.608. The monoisotopic (exact) mass is 268 g/mol. The molecular weight excluding hydrogens is 244 g/mol. The molecular formula is C14H24N2OS. The number of hydrogen-bond donors (Lipinski definition) is 1. The zero-order valence-electron chi connectivity index (χ0n) is 11.4. The largest absolute Gasteiger partial charge is 0.440 e. The minimum Gasteiger partial charge on any atom is -0.440 e. The number of rotatable bonds is 5.